The largest absolute Gasteiger partial charge is 0.497 e. The van der Waals surface area contributed by atoms with Gasteiger partial charge >= 0.3 is 0 Å². The molecule has 0 bridgehead atoms. The summed E-state index contributed by atoms with van der Waals surface area (Å²) in [5.41, 5.74) is 0.947. The maximum Gasteiger partial charge on any atom is 0.119 e. The zero-order valence-electron chi connectivity index (χ0n) is 12.3. The number of hydrogen-bond acceptors (Lipinski definition) is 4. The molecular weight excluding hydrogens is 346 g/mol. The Morgan fingerprint density at radius 1 is 1.09 bits per heavy atom. The lowest BCUT2D eigenvalue weighted by Gasteiger charge is -2.11. The molecule has 0 amide bonds. The third-order valence-corrected chi connectivity index (χ3v) is 3.55. The van der Waals surface area contributed by atoms with Crippen molar-refractivity contribution < 1.29 is 14.6 Å². The number of halogens is 1. The third kappa shape index (κ3) is 5.16. The summed E-state index contributed by atoms with van der Waals surface area (Å²) in [6.45, 7) is 0.258. The van der Waals surface area contributed by atoms with E-state index in [1.54, 1.807) is 13.3 Å². The van der Waals surface area contributed by atoms with Crippen LogP contribution in [0.4, 0.5) is 0 Å². The van der Waals surface area contributed by atoms with E-state index < -0.39 is 0 Å². The van der Waals surface area contributed by atoms with Crippen LogP contribution in [0, 0.1) is 0 Å². The fraction of sp³-hybridized carbons (Fsp3) is 0.235. The van der Waals surface area contributed by atoms with Gasteiger partial charge in [0.1, 0.15) is 24.1 Å². The van der Waals surface area contributed by atoms with E-state index in [-0.39, 0.29) is 12.6 Å². The van der Waals surface area contributed by atoms with E-state index in [4.69, 9.17) is 9.47 Å². The molecule has 22 heavy (non-hydrogen) atoms. The number of methoxy groups -OCH3 is 1. The van der Waals surface area contributed by atoms with Crippen molar-refractivity contribution in [3.05, 3.63) is 58.6 Å². The summed E-state index contributed by atoms with van der Waals surface area (Å²) in [5, 5.41) is 9.39. The van der Waals surface area contributed by atoms with Crippen molar-refractivity contribution in [3.63, 3.8) is 0 Å². The number of aliphatic hydroxyl groups excluding tert-OH is 1. The SMILES string of the molecule is COc1ccc(/C=N/[C@@H](CO)COc2ccc(Br)cc2)cc1. The van der Waals surface area contributed by atoms with Crippen LogP contribution in [0.25, 0.3) is 0 Å². The van der Waals surface area contributed by atoms with Crippen LogP contribution in [0.15, 0.2) is 58.0 Å². The first-order valence-electron chi connectivity index (χ1n) is 6.87. The molecule has 0 aliphatic heterocycles. The molecule has 116 valence electrons. The Morgan fingerprint density at radius 3 is 2.32 bits per heavy atom. The summed E-state index contributed by atoms with van der Waals surface area (Å²) in [7, 11) is 1.63. The van der Waals surface area contributed by atoms with Crippen molar-refractivity contribution in [1.29, 1.82) is 0 Å². The molecule has 0 aliphatic carbocycles. The van der Waals surface area contributed by atoms with Crippen LogP contribution in [-0.2, 0) is 0 Å². The van der Waals surface area contributed by atoms with E-state index in [2.05, 4.69) is 20.9 Å². The van der Waals surface area contributed by atoms with E-state index in [0.717, 1.165) is 21.5 Å². The maximum atomic E-state index is 9.39. The minimum absolute atomic E-state index is 0.0663. The monoisotopic (exact) mass is 363 g/mol. The van der Waals surface area contributed by atoms with E-state index in [1.807, 2.05) is 48.5 Å². The first-order valence-corrected chi connectivity index (χ1v) is 7.67. The second kappa shape index (κ2) is 8.56. The Hall–Kier alpha value is -1.85. The minimum Gasteiger partial charge on any atom is -0.497 e. The molecule has 1 N–H and O–H groups in total. The van der Waals surface area contributed by atoms with Crippen LogP contribution in [0.3, 0.4) is 0 Å². The van der Waals surface area contributed by atoms with Gasteiger partial charge < -0.3 is 14.6 Å². The summed E-state index contributed by atoms with van der Waals surface area (Å²) in [6.07, 6.45) is 1.73. The summed E-state index contributed by atoms with van der Waals surface area (Å²) in [4.78, 5) is 4.35. The summed E-state index contributed by atoms with van der Waals surface area (Å²) >= 11 is 3.37. The number of aliphatic imine (C=N–C) groups is 1. The molecule has 0 fully saturated rings. The fourth-order valence-electron chi connectivity index (χ4n) is 1.75. The van der Waals surface area contributed by atoms with Gasteiger partial charge in [-0.3, -0.25) is 4.99 Å². The maximum absolute atomic E-state index is 9.39. The van der Waals surface area contributed by atoms with Crippen molar-refractivity contribution in [2.75, 3.05) is 20.3 Å². The molecule has 0 saturated heterocycles. The van der Waals surface area contributed by atoms with E-state index in [9.17, 15) is 5.11 Å². The highest BCUT2D eigenvalue weighted by molar-refractivity contribution is 9.10. The predicted octanol–water partition coefficient (Wildman–Crippen LogP) is 3.32. The number of ether oxygens (including phenoxy) is 2. The molecule has 0 heterocycles. The Kier molecular flexibility index (Phi) is 6.43. The second-order valence-electron chi connectivity index (χ2n) is 4.65. The molecule has 4 nitrogen and oxygen atoms in total. The topological polar surface area (TPSA) is 51.0 Å². The quantitative estimate of drug-likeness (QED) is 0.767. The van der Waals surface area contributed by atoms with Crippen molar-refractivity contribution in [1.82, 2.24) is 0 Å². The van der Waals surface area contributed by atoms with E-state index >= 15 is 0 Å². The lowest BCUT2D eigenvalue weighted by Crippen LogP contribution is -2.20. The average molecular weight is 364 g/mol. The van der Waals surface area contributed by atoms with Gasteiger partial charge in [-0.15, -0.1) is 0 Å². The minimum atomic E-state index is -0.300. The highest BCUT2D eigenvalue weighted by Gasteiger charge is 2.05. The Balaban J connectivity index is 1.90. The smallest absolute Gasteiger partial charge is 0.119 e. The number of nitrogens with zero attached hydrogens (tertiary/aromatic N) is 1. The van der Waals surface area contributed by atoms with Crippen molar-refractivity contribution in [2.24, 2.45) is 4.99 Å². The van der Waals surface area contributed by atoms with Gasteiger partial charge in [0.05, 0.1) is 13.7 Å². The number of hydrogen-bond donors (Lipinski definition) is 1. The van der Waals surface area contributed by atoms with Gasteiger partial charge in [0.15, 0.2) is 0 Å². The molecule has 0 aliphatic rings. The molecule has 1 atom stereocenters. The Labute approximate surface area is 138 Å². The fourth-order valence-corrected chi connectivity index (χ4v) is 2.01. The molecule has 2 aromatic rings. The molecule has 0 saturated carbocycles. The van der Waals surface area contributed by atoms with Crippen molar-refractivity contribution in [2.45, 2.75) is 6.04 Å². The molecule has 2 aromatic carbocycles. The van der Waals surface area contributed by atoms with Gasteiger partial charge in [-0.05, 0) is 54.1 Å². The van der Waals surface area contributed by atoms with Crippen LogP contribution >= 0.6 is 15.9 Å². The van der Waals surface area contributed by atoms with E-state index in [0.29, 0.717) is 6.61 Å². The van der Waals surface area contributed by atoms with Crippen LogP contribution in [-0.4, -0.2) is 37.7 Å². The second-order valence-corrected chi connectivity index (χ2v) is 5.57. The van der Waals surface area contributed by atoms with Gasteiger partial charge in [-0.2, -0.15) is 0 Å². The van der Waals surface area contributed by atoms with Crippen molar-refractivity contribution in [3.8, 4) is 11.5 Å². The summed E-state index contributed by atoms with van der Waals surface area (Å²) in [5.74, 6) is 1.55. The van der Waals surface area contributed by atoms with Crippen LogP contribution in [0.1, 0.15) is 5.56 Å². The molecule has 0 radical (unpaired) electrons. The van der Waals surface area contributed by atoms with Gasteiger partial charge in [-0.25, -0.2) is 0 Å². The van der Waals surface area contributed by atoms with Gasteiger partial charge in [-0.1, -0.05) is 15.9 Å². The molecule has 0 aromatic heterocycles. The number of benzene rings is 2. The molecule has 0 spiro atoms. The van der Waals surface area contributed by atoms with Gasteiger partial charge in [0, 0.05) is 10.7 Å². The summed E-state index contributed by atoms with van der Waals surface area (Å²) < 4.78 is 11.7. The summed E-state index contributed by atoms with van der Waals surface area (Å²) in [6, 6.07) is 14.8. The van der Waals surface area contributed by atoms with Crippen LogP contribution < -0.4 is 9.47 Å². The molecular formula is C17H18BrNO3. The molecule has 0 unspecified atom stereocenters. The van der Waals surface area contributed by atoms with Gasteiger partial charge in [0.25, 0.3) is 0 Å². The number of rotatable bonds is 7. The van der Waals surface area contributed by atoms with E-state index in [1.165, 1.54) is 0 Å². The Bertz CT molecular complexity index is 596. The molecule has 2 rings (SSSR count). The van der Waals surface area contributed by atoms with Crippen LogP contribution in [0.5, 0.6) is 11.5 Å². The third-order valence-electron chi connectivity index (χ3n) is 3.02. The molecule has 5 heteroatoms. The lowest BCUT2D eigenvalue weighted by atomic mass is 10.2. The zero-order valence-corrected chi connectivity index (χ0v) is 13.9. The van der Waals surface area contributed by atoms with Crippen LogP contribution in [0.2, 0.25) is 0 Å². The standard InChI is InChI=1S/C17H18BrNO3/c1-21-16-6-2-13(3-7-16)10-19-15(11-20)12-22-17-8-4-14(18)5-9-17/h2-10,15,20H,11-12H2,1H3/b19-10+/t15-/m0/s1. The van der Waals surface area contributed by atoms with Crippen molar-refractivity contribution >= 4 is 22.1 Å². The average Bonchev–Trinajstić information content (AvgIpc) is 2.57. The first-order chi connectivity index (χ1) is 10.7. The predicted molar refractivity (Wildman–Crippen MR) is 91.1 cm³/mol. The first kappa shape index (κ1) is 16.5. The normalized spacial score (nSPS) is 12.3. The highest BCUT2D eigenvalue weighted by atomic mass is 79.9. The zero-order chi connectivity index (χ0) is 15.8. The lowest BCUT2D eigenvalue weighted by molar-refractivity contribution is 0.208. The number of aliphatic hydroxyl groups is 1. The Morgan fingerprint density at radius 2 is 1.73 bits per heavy atom. The highest BCUT2D eigenvalue weighted by Crippen LogP contribution is 2.16. The van der Waals surface area contributed by atoms with Gasteiger partial charge in [0.2, 0.25) is 0 Å².